The van der Waals surface area contributed by atoms with Gasteiger partial charge >= 0.3 is 6.09 Å². The van der Waals surface area contributed by atoms with Gasteiger partial charge in [0, 0.05) is 6.54 Å². The number of aromatic nitrogens is 1. The van der Waals surface area contributed by atoms with Gasteiger partial charge in [-0.05, 0) is 45.7 Å². The summed E-state index contributed by atoms with van der Waals surface area (Å²) in [6.07, 6.45) is 1.40. The molecule has 0 aliphatic carbocycles. The third kappa shape index (κ3) is 2.72. The third-order valence-corrected chi connectivity index (χ3v) is 2.67. The predicted molar refractivity (Wildman–Crippen MR) is 70.6 cm³/mol. The number of anilines is 2. The molecule has 5 nitrogen and oxygen atoms in total. The van der Waals surface area contributed by atoms with Crippen molar-refractivity contribution in [2.24, 2.45) is 0 Å². The summed E-state index contributed by atoms with van der Waals surface area (Å²) in [7, 11) is 0. The summed E-state index contributed by atoms with van der Waals surface area (Å²) >= 11 is 0. The van der Waals surface area contributed by atoms with Gasteiger partial charge in [-0.3, -0.25) is 4.90 Å². The van der Waals surface area contributed by atoms with Crippen LogP contribution in [0.25, 0.3) is 0 Å². The maximum atomic E-state index is 12.1. The van der Waals surface area contributed by atoms with E-state index in [1.807, 2.05) is 26.8 Å². The van der Waals surface area contributed by atoms with Crippen molar-refractivity contribution < 1.29 is 9.53 Å². The van der Waals surface area contributed by atoms with Gasteiger partial charge in [0.15, 0.2) is 0 Å². The van der Waals surface area contributed by atoms with Gasteiger partial charge in [0.25, 0.3) is 0 Å². The minimum atomic E-state index is -0.490. The summed E-state index contributed by atoms with van der Waals surface area (Å²) in [5.41, 5.74) is 6.85. The molecule has 0 aromatic carbocycles. The minimum absolute atomic E-state index is 0.324. The average Bonchev–Trinajstić information content (AvgIpc) is 2.25. The quantitative estimate of drug-likeness (QED) is 0.766. The lowest BCUT2D eigenvalue weighted by Crippen LogP contribution is -2.40. The number of amides is 1. The molecule has 5 heteroatoms. The first-order chi connectivity index (χ1) is 8.37. The van der Waals surface area contributed by atoms with Crippen LogP contribution in [0.3, 0.4) is 0 Å². The molecular weight excluding hydrogens is 230 g/mol. The highest BCUT2D eigenvalue weighted by molar-refractivity contribution is 5.89. The van der Waals surface area contributed by atoms with Crippen LogP contribution in [-0.4, -0.2) is 23.2 Å². The fourth-order valence-electron chi connectivity index (χ4n) is 1.97. The SMILES string of the molecule is CC(C)(C)OC(=O)N1CCCc2nc(N)ccc21. The zero-order valence-corrected chi connectivity index (χ0v) is 11.1. The van der Waals surface area contributed by atoms with Crippen molar-refractivity contribution in [1.29, 1.82) is 0 Å². The smallest absolute Gasteiger partial charge is 0.414 e. The van der Waals surface area contributed by atoms with Gasteiger partial charge in [0.05, 0.1) is 11.4 Å². The number of hydrogen-bond acceptors (Lipinski definition) is 4. The number of carbonyl (C=O) groups excluding carboxylic acids is 1. The molecule has 0 saturated heterocycles. The van der Waals surface area contributed by atoms with E-state index < -0.39 is 5.60 Å². The second-order valence-electron chi connectivity index (χ2n) is 5.44. The van der Waals surface area contributed by atoms with Crippen LogP contribution in [-0.2, 0) is 11.2 Å². The molecule has 0 fully saturated rings. The molecule has 2 N–H and O–H groups in total. The van der Waals surface area contributed by atoms with Crippen LogP contribution in [0.1, 0.15) is 32.9 Å². The molecule has 1 aliphatic rings. The van der Waals surface area contributed by atoms with Crippen molar-refractivity contribution in [2.45, 2.75) is 39.2 Å². The Balaban J connectivity index is 2.25. The van der Waals surface area contributed by atoms with Crippen LogP contribution in [0.2, 0.25) is 0 Å². The Labute approximate surface area is 107 Å². The van der Waals surface area contributed by atoms with E-state index in [1.54, 1.807) is 11.0 Å². The van der Waals surface area contributed by atoms with Crippen molar-refractivity contribution in [3.8, 4) is 0 Å². The Morgan fingerprint density at radius 3 is 2.83 bits per heavy atom. The molecule has 1 aliphatic heterocycles. The molecule has 0 unspecified atom stereocenters. The fraction of sp³-hybridized carbons (Fsp3) is 0.538. The maximum Gasteiger partial charge on any atom is 0.414 e. The summed E-state index contributed by atoms with van der Waals surface area (Å²) in [4.78, 5) is 18.0. The second kappa shape index (κ2) is 4.48. The largest absolute Gasteiger partial charge is 0.443 e. The van der Waals surface area contributed by atoms with E-state index in [2.05, 4.69) is 4.98 Å². The Morgan fingerprint density at radius 1 is 1.44 bits per heavy atom. The number of carbonyl (C=O) groups is 1. The molecule has 1 amide bonds. The summed E-state index contributed by atoms with van der Waals surface area (Å²) in [5, 5.41) is 0. The van der Waals surface area contributed by atoms with E-state index >= 15 is 0 Å². The molecule has 0 bridgehead atoms. The summed E-state index contributed by atoms with van der Waals surface area (Å²) in [6, 6.07) is 3.54. The topological polar surface area (TPSA) is 68.5 Å². The molecule has 98 valence electrons. The van der Waals surface area contributed by atoms with E-state index in [9.17, 15) is 4.79 Å². The Kier molecular flexibility index (Phi) is 3.15. The first-order valence-corrected chi connectivity index (χ1v) is 6.13. The number of rotatable bonds is 0. The molecule has 18 heavy (non-hydrogen) atoms. The number of nitrogens with two attached hydrogens (primary N) is 1. The van der Waals surface area contributed by atoms with Crippen LogP contribution in [0.5, 0.6) is 0 Å². The van der Waals surface area contributed by atoms with Crippen LogP contribution >= 0.6 is 0 Å². The van der Waals surface area contributed by atoms with Crippen LogP contribution in [0.4, 0.5) is 16.3 Å². The van der Waals surface area contributed by atoms with Gasteiger partial charge in [-0.2, -0.15) is 0 Å². The molecule has 2 heterocycles. The first kappa shape index (κ1) is 12.7. The molecule has 0 atom stereocenters. The van der Waals surface area contributed by atoms with Crippen molar-refractivity contribution in [3.05, 3.63) is 17.8 Å². The van der Waals surface area contributed by atoms with E-state index in [4.69, 9.17) is 10.5 Å². The lowest BCUT2D eigenvalue weighted by Gasteiger charge is -2.31. The number of aryl methyl sites for hydroxylation is 1. The normalized spacial score (nSPS) is 15.2. The fourth-order valence-corrected chi connectivity index (χ4v) is 1.97. The zero-order chi connectivity index (χ0) is 13.3. The van der Waals surface area contributed by atoms with Gasteiger partial charge < -0.3 is 10.5 Å². The van der Waals surface area contributed by atoms with Gasteiger partial charge in [-0.15, -0.1) is 0 Å². The Bertz CT molecular complexity index is 466. The van der Waals surface area contributed by atoms with E-state index in [0.29, 0.717) is 12.4 Å². The molecule has 0 radical (unpaired) electrons. The van der Waals surface area contributed by atoms with Crippen molar-refractivity contribution >= 4 is 17.6 Å². The van der Waals surface area contributed by atoms with Gasteiger partial charge in [0.1, 0.15) is 11.4 Å². The minimum Gasteiger partial charge on any atom is -0.443 e. The van der Waals surface area contributed by atoms with Gasteiger partial charge in [-0.1, -0.05) is 0 Å². The van der Waals surface area contributed by atoms with Crippen molar-refractivity contribution in [1.82, 2.24) is 4.98 Å². The lowest BCUT2D eigenvalue weighted by molar-refractivity contribution is 0.0577. The van der Waals surface area contributed by atoms with Crippen LogP contribution in [0, 0.1) is 0 Å². The van der Waals surface area contributed by atoms with Gasteiger partial charge in [-0.25, -0.2) is 9.78 Å². The highest BCUT2D eigenvalue weighted by atomic mass is 16.6. The molecular formula is C13H19N3O2. The number of fused-ring (bicyclic) bond motifs is 1. The first-order valence-electron chi connectivity index (χ1n) is 6.13. The van der Waals surface area contributed by atoms with Gasteiger partial charge in [0.2, 0.25) is 0 Å². The van der Waals surface area contributed by atoms with Crippen molar-refractivity contribution in [2.75, 3.05) is 17.2 Å². The van der Waals surface area contributed by atoms with E-state index in [1.165, 1.54) is 0 Å². The number of nitrogen functional groups attached to an aromatic ring is 1. The molecule has 0 spiro atoms. The van der Waals surface area contributed by atoms with Crippen molar-refractivity contribution in [3.63, 3.8) is 0 Å². The third-order valence-electron chi connectivity index (χ3n) is 2.67. The predicted octanol–water partition coefficient (Wildman–Crippen LogP) is 2.35. The average molecular weight is 249 g/mol. The highest BCUT2D eigenvalue weighted by Crippen LogP contribution is 2.27. The number of pyridine rings is 1. The van der Waals surface area contributed by atoms with Crippen LogP contribution in [0.15, 0.2) is 12.1 Å². The molecule has 1 aromatic heterocycles. The summed E-state index contributed by atoms with van der Waals surface area (Å²) in [6.45, 7) is 6.23. The number of ether oxygens (including phenoxy) is 1. The standard InChI is InChI=1S/C13H19N3O2/c1-13(2,3)18-12(17)16-8-4-5-9-10(16)6-7-11(14)15-9/h6-7H,4-5,8H2,1-3H3,(H2,14,15). The molecule has 1 aromatic rings. The summed E-state index contributed by atoms with van der Waals surface area (Å²) in [5.74, 6) is 0.486. The van der Waals surface area contributed by atoms with E-state index in [0.717, 1.165) is 24.2 Å². The molecule has 0 saturated carbocycles. The highest BCUT2D eigenvalue weighted by Gasteiger charge is 2.27. The lowest BCUT2D eigenvalue weighted by atomic mass is 10.1. The molecule has 2 rings (SSSR count). The van der Waals surface area contributed by atoms with E-state index in [-0.39, 0.29) is 6.09 Å². The number of hydrogen-bond donors (Lipinski definition) is 1. The Hall–Kier alpha value is -1.78. The second-order valence-corrected chi connectivity index (χ2v) is 5.44. The maximum absolute atomic E-state index is 12.1. The Morgan fingerprint density at radius 2 is 2.17 bits per heavy atom. The zero-order valence-electron chi connectivity index (χ0n) is 11.1. The summed E-state index contributed by atoms with van der Waals surface area (Å²) < 4.78 is 5.39. The monoisotopic (exact) mass is 249 g/mol. The number of nitrogens with zero attached hydrogens (tertiary/aromatic N) is 2. The van der Waals surface area contributed by atoms with Crippen LogP contribution < -0.4 is 10.6 Å².